The third kappa shape index (κ3) is 5.83. The summed E-state index contributed by atoms with van der Waals surface area (Å²) in [7, 11) is 0. The molecule has 0 atom stereocenters. The molecule has 266 valence electrons. The van der Waals surface area contributed by atoms with Gasteiger partial charge < -0.3 is 4.42 Å². The molecule has 0 saturated heterocycles. The maximum Gasteiger partial charge on any atom is 0.160 e. The van der Waals surface area contributed by atoms with Gasteiger partial charge in [-0.05, 0) is 51.9 Å². The molecule has 0 fully saturated rings. The molecule has 0 unspecified atom stereocenters. The normalized spacial score (nSPS) is 11.5. The SMILES string of the molecule is c1ccc(-c2cccc(-c3cc(-c4ccc(-c5ccc(-c6nc7c8ccccc8ccc7c7oc8ccccc8c67)cc5)cc4)nc(-c4ccccc4)n3)c2)cc1. The van der Waals surface area contributed by atoms with Crippen LogP contribution in [0.25, 0.3) is 111 Å². The standard InChI is InChI=1S/C53H33N3O/c1-3-12-34(13-4-1)41-17-11-18-42(32-41)47-33-46(54-53(55-47)40-15-5-2-6-16-40)38-26-22-35(23-27-38)36-24-28-39(29-25-36)50-49-44-20-9-10-21-48(44)57-52(49)45-31-30-37-14-7-8-19-43(37)51(45)56-50/h1-33H. The van der Waals surface area contributed by atoms with Crippen LogP contribution < -0.4 is 0 Å². The van der Waals surface area contributed by atoms with Gasteiger partial charge in [0, 0.05) is 38.4 Å². The van der Waals surface area contributed by atoms with Crippen molar-refractivity contribution in [2.75, 3.05) is 0 Å². The average Bonchev–Trinajstić information content (AvgIpc) is 3.69. The van der Waals surface area contributed by atoms with Crippen LogP contribution in [0.15, 0.2) is 205 Å². The van der Waals surface area contributed by atoms with Crippen LogP contribution in [0.2, 0.25) is 0 Å². The zero-order chi connectivity index (χ0) is 37.7. The summed E-state index contributed by atoms with van der Waals surface area (Å²) in [6.07, 6.45) is 0. The van der Waals surface area contributed by atoms with E-state index in [9.17, 15) is 0 Å². The average molecular weight is 728 g/mol. The molecular weight excluding hydrogens is 695 g/mol. The van der Waals surface area contributed by atoms with Gasteiger partial charge in [-0.3, -0.25) is 0 Å². The van der Waals surface area contributed by atoms with Gasteiger partial charge in [0.1, 0.15) is 11.2 Å². The summed E-state index contributed by atoms with van der Waals surface area (Å²) in [5.41, 5.74) is 14.0. The Balaban J connectivity index is 0.970. The first kappa shape index (κ1) is 32.7. The molecule has 3 aromatic heterocycles. The molecule has 3 heterocycles. The Labute approximate surface area is 329 Å². The molecule has 0 amide bonds. The maximum absolute atomic E-state index is 6.56. The number of para-hydroxylation sites is 1. The van der Waals surface area contributed by atoms with E-state index in [0.717, 1.165) is 99.6 Å². The van der Waals surface area contributed by atoms with E-state index in [1.807, 2.05) is 36.4 Å². The number of nitrogens with zero attached hydrogens (tertiary/aromatic N) is 3. The lowest BCUT2D eigenvalue weighted by atomic mass is 9.97. The minimum absolute atomic E-state index is 0.697. The van der Waals surface area contributed by atoms with Crippen LogP contribution in [0.1, 0.15) is 0 Å². The van der Waals surface area contributed by atoms with Gasteiger partial charge in [0.2, 0.25) is 0 Å². The minimum atomic E-state index is 0.697. The molecule has 8 aromatic carbocycles. The summed E-state index contributed by atoms with van der Waals surface area (Å²) >= 11 is 0. The molecule has 4 heteroatoms. The molecule has 0 aliphatic carbocycles. The first-order chi connectivity index (χ1) is 28.2. The van der Waals surface area contributed by atoms with Gasteiger partial charge in [-0.1, -0.05) is 176 Å². The highest BCUT2D eigenvalue weighted by atomic mass is 16.3. The van der Waals surface area contributed by atoms with Gasteiger partial charge in [-0.15, -0.1) is 0 Å². The van der Waals surface area contributed by atoms with Crippen LogP contribution in [0.3, 0.4) is 0 Å². The van der Waals surface area contributed by atoms with Gasteiger partial charge in [0.05, 0.1) is 28.0 Å². The van der Waals surface area contributed by atoms with E-state index in [1.165, 1.54) is 5.56 Å². The fourth-order valence-corrected chi connectivity index (χ4v) is 8.01. The number of hydrogen-bond donors (Lipinski definition) is 0. The molecule has 0 aliphatic heterocycles. The molecule has 0 spiro atoms. The molecule has 0 bridgehead atoms. The number of furan rings is 1. The lowest BCUT2D eigenvalue weighted by molar-refractivity contribution is 0.672. The predicted molar refractivity (Wildman–Crippen MR) is 235 cm³/mol. The van der Waals surface area contributed by atoms with E-state index in [2.05, 4.69) is 164 Å². The van der Waals surface area contributed by atoms with Crippen LogP contribution in [-0.2, 0) is 0 Å². The zero-order valence-electron chi connectivity index (χ0n) is 30.8. The van der Waals surface area contributed by atoms with Crippen molar-refractivity contribution in [2.45, 2.75) is 0 Å². The number of fused-ring (bicyclic) bond motifs is 7. The van der Waals surface area contributed by atoms with Crippen molar-refractivity contribution >= 4 is 43.6 Å². The third-order valence-electron chi connectivity index (χ3n) is 10.9. The molecule has 0 saturated carbocycles. The summed E-state index contributed by atoms with van der Waals surface area (Å²) in [5, 5.41) is 5.40. The molecule has 4 nitrogen and oxygen atoms in total. The first-order valence-electron chi connectivity index (χ1n) is 19.2. The van der Waals surface area contributed by atoms with Crippen LogP contribution >= 0.6 is 0 Å². The second-order valence-electron chi connectivity index (χ2n) is 14.4. The predicted octanol–water partition coefficient (Wildman–Crippen LogP) is 14.1. The third-order valence-corrected chi connectivity index (χ3v) is 10.9. The van der Waals surface area contributed by atoms with E-state index >= 15 is 0 Å². The van der Waals surface area contributed by atoms with E-state index in [4.69, 9.17) is 19.4 Å². The molecule has 11 aromatic rings. The number of aromatic nitrogens is 3. The Hall–Kier alpha value is -7.69. The van der Waals surface area contributed by atoms with Crippen molar-refractivity contribution in [3.8, 4) is 67.4 Å². The summed E-state index contributed by atoms with van der Waals surface area (Å²) < 4.78 is 6.56. The van der Waals surface area contributed by atoms with E-state index in [-0.39, 0.29) is 0 Å². The second-order valence-corrected chi connectivity index (χ2v) is 14.4. The van der Waals surface area contributed by atoms with Crippen molar-refractivity contribution in [2.24, 2.45) is 0 Å². The van der Waals surface area contributed by atoms with Gasteiger partial charge in [-0.25, -0.2) is 15.0 Å². The van der Waals surface area contributed by atoms with Gasteiger partial charge in [-0.2, -0.15) is 0 Å². The highest BCUT2D eigenvalue weighted by Gasteiger charge is 2.19. The van der Waals surface area contributed by atoms with Crippen LogP contribution in [-0.4, -0.2) is 15.0 Å². The van der Waals surface area contributed by atoms with E-state index in [1.54, 1.807) is 0 Å². The fraction of sp³-hybridized carbons (Fsp3) is 0. The number of hydrogen-bond acceptors (Lipinski definition) is 4. The lowest BCUT2D eigenvalue weighted by Gasteiger charge is -2.11. The van der Waals surface area contributed by atoms with Crippen molar-refractivity contribution in [3.63, 3.8) is 0 Å². The summed E-state index contributed by atoms with van der Waals surface area (Å²) in [6.45, 7) is 0. The van der Waals surface area contributed by atoms with Crippen molar-refractivity contribution in [3.05, 3.63) is 200 Å². The highest BCUT2D eigenvalue weighted by molar-refractivity contribution is 6.22. The summed E-state index contributed by atoms with van der Waals surface area (Å²) in [5.74, 6) is 0.697. The molecule has 11 rings (SSSR count). The van der Waals surface area contributed by atoms with Gasteiger partial charge in [0.25, 0.3) is 0 Å². The second kappa shape index (κ2) is 13.6. The number of benzene rings is 8. The van der Waals surface area contributed by atoms with Crippen LogP contribution in [0.5, 0.6) is 0 Å². The molecule has 0 radical (unpaired) electrons. The van der Waals surface area contributed by atoms with E-state index < -0.39 is 0 Å². The molecule has 0 aliphatic rings. The van der Waals surface area contributed by atoms with Gasteiger partial charge >= 0.3 is 0 Å². The molecule has 0 N–H and O–H groups in total. The smallest absolute Gasteiger partial charge is 0.160 e. The lowest BCUT2D eigenvalue weighted by Crippen LogP contribution is -1.96. The van der Waals surface area contributed by atoms with Crippen LogP contribution in [0, 0.1) is 0 Å². The Morgan fingerprint density at radius 1 is 0.333 bits per heavy atom. The summed E-state index contributed by atoms with van der Waals surface area (Å²) in [6, 6.07) is 69.6. The van der Waals surface area contributed by atoms with Crippen molar-refractivity contribution in [1.29, 1.82) is 0 Å². The quantitative estimate of drug-likeness (QED) is 0.160. The Morgan fingerprint density at radius 2 is 0.895 bits per heavy atom. The number of rotatable bonds is 6. The van der Waals surface area contributed by atoms with E-state index in [0.29, 0.717) is 5.82 Å². The first-order valence-corrected chi connectivity index (χ1v) is 19.2. The summed E-state index contributed by atoms with van der Waals surface area (Å²) in [4.78, 5) is 15.5. The van der Waals surface area contributed by atoms with Crippen LogP contribution in [0.4, 0.5) is 0 Å². The zero-order valence-corrected chi connectivity index (χ0v) is 30.8. The highest BCUT2D eigenvalue weighted by Crippen LogP contribution is 2.41. The maximum atomic E-state index is 6.56. The molecule has 57 heavy (non-hydrogen) atoms. The topological polar surface area (TPSA) is 51.8 Å². The Kier molecular flexibility index (Phi) is 7.78. The fourth-order valence-electron chi connectivity index (χ4n) is 8.01. The van der Waals surface area contributed by atoms with Crippen molar-refractivity contribution in [1.82, 2.24) is 15.0 Å². The largest absolute Gasteiger partial charge is 0.455 e. The van der Waals surface area contributed by atoms with Gasteiger partial charge in [0.15, 0.2) is 5.82 Å². The minimum Gasteiger partial charge on any atom is -0.455 e. The number of pyridine rings is 1. The van der Waals surface area contributed by atoms with Crippen molar-refractivity contribution < 1.29 is 4.42 Å². The Bertz CT molecular complexity index is 3260. The monoisotopic (exact) mass is 727 g/mol. The Morgan fingerprint density at radius 3 is 1.65 bits per heavy atom. The molecular formula is C53H33N3O.